The van der Waals surface area contributed by atoms with Gasteiger partial charge in [0.2, 0.25) is 0 Å². The molecule has 0 aromatic rings. The Bertz CT molecular complexity index is 86.9. The van der Waals surface area contributed by atoms with Crippen molar-refractivity contribution in [3.05, 3.63) is 0 Å². The fourth-order valence-electron chi connectivity index (χ4n) is 0.990. The number of rotatable bonds is 3. The van der Waals surface area contributed by atoms with Crippen LogP contribution in [0.2, 0.25) is 0 Å². The maximum atomic E-state index is 8.75. The fraction of sp³-hybridized carbons (Fsp3) is 1.00. The summed E-state index contributed by atoms with van der Waals surface area (Å²) in [5, 5.41) is 8.75. The van der Waals surface area contributed by atoms with Crippen LogP contribution in [0.4, 0.5) is 0 Å². The minimum absolute atomic E-state index is 0.495. The van der Waals surface area contributed by atoms with Crippen LogP contribution in [0.5, 0.6) is 0 Å². The monoisotopic (exact) mass is 146 g/mol. The zero-order chi connectivity index (χ0) is 7.40. The first-order chi connectivity index (χ1) is 4.79. The first-order valence-corrected chi connectivity index (χ1v) is 3.66. The van der Waals surface area contributed by atoms with E-state index in [0.717, 1.165) is 19.6 Å². The number of aliphatic hydroxyl groups is 1. The lowest BCUT2D eigenvalue weighted by atomic mass is 10.1. The minimum atomic E-state index is -0.638. The van der Waals surface area contributed by atoms with Gasteiger partial charge in [-0.05, 0) is 13.3 Å². The molecule has 0 saturated carbocycles. The molecule has 0 aromatic carbocycles. The molecule has 2 unspecified atom stereocenters. The molecule has 1 rings (SSSR count). The van der Waals surface area contributed by atoms with Gasteiger partial charge in [0.15, 0.2) is 6.29 Å². The van der Waals surface area contributed by atoms with Crippen molar-refractivity contribution in [2.75, 3.05) is 19.8 Å². The summed E-state index contributed by atoms with van der Waals surface area (Å²) in [6, 6.07) is 0. The SMILES string of the molecule is CC(O)OCC1CCOC1. The van der Waals surface area contributed by atoms with Crippen LogP contribution in [0, 0.1) is 5.92 Å². The van der Waals surface area contributed by atoms with E-state index in [2.05, 4.69) is 0 Å². The molecule has 0 bridgehead atoms. The Balaban J connectivity index is 2.01. The van der Waals surface area contributed by atoms with Crippen molar-refractivity contribution in [1.82, 2.24) is 0 Å². The molecule has 60 valence electrons. The standard InChI is InChI=1S/C7H14O3/c1-6(8)10-5-7-2-3-9-4-7/h6-8H,2-5H2,1H3. The highest BCUT2D eigenvalue weighted by atomic mass is 16.6. The van der Waals surface area contributed by atoms with Crippen molar-refractivity contribution in [3.8, 4) is 0 Å². The number of aliphatic hydroxyl groups excluding tert-OH is 1. The van der Waals surface area contributed by atoms with E-state index in [-0.39, 0.29) is 0 Å². The Morgan fingerprint density at radius 1 is 1.80 bits per heavy atom. The molecule has 0 spiro atoms. The fourth-order valence-corrected chi connectivity index (χ4v) is 0.990. The zero-order valence-electron chi connectivity index (χ0n) is 6.25. The quantitative estimate of drug-likeness (QED) is 0.585. The van der Waals surface area contributed by atoms with Gasteiger partial charge in [-0.1, -0.05) is 0 Å². The van der Waals surface area contributed by atoms with E-state index in [9.17, 15) is 0 Å². The predicted octanol–water partition coefficient (Wildman–Crippen LogP) is 0.378. The van der Waals surface area contributed by atoms with E-state index >= 15 is 0 Å². The molecule has 10 heavy (non-hydrogen) atoms. The molecule has 1 aliphatic rings. The number of hydrogen-bond donors (Lipinski definition) is 1. The van der Waals surface area contributed by atoms with Gasteiger partial charge >= 0.3 is 0 Å². The molecule has 0 aromatic heterocycles. The summed E-state index contributed by atoms with van der Waals surface area (Å²) < 4.78 is 10.1. The average molecular weight is 146 g/mol. The van der Waals surface area contributed by atoms with Crippen LogP contribution in [-0.2, 0) is 9.47 Å². The van der Waals surface area contributed by atoms with Gasteiger partial charge in [-0.15, -0.1) is 0 Å². The van der Waals surface area contributed by atoms with Crippen molar-refractivity contribution in [2.45, 2.75) is 19.6 Å². The zero-order valence-corrected chi connectivity index (χ0v) is 6.25. The summed E-state index contributed by atoms with van der Waals surface area (Å²) >= 11 is 0. The van der Waals surface area contributed by atoms with Gasteiger partial charge in [-0.2, -0.15) is 0 Å². The molecule has 3 nitrogen and oxygen atoms in total. The van der Waals surface area contributed by atoms with Gasteiger partial charge in [0.1, 0.15) is 0 Å². The molecule has 3 heteroatoms. The lowest BCUT2D eigenvalue weighted by Gasteiger charge is -2.09. The molecular weight excluding hydrogens is 132 g/mol. The summed E-state index contributed by atoms with van der Waals surface area (Å²) in [7, 11) is 0. The molecular formula is C7H14O3. The van der Waals surface area contributed by atoms with Crippen LogP contribution in [0.1, 0.15) is 13.3 Å². The largest absolute Gasteiger partial charge is 0.381 e. The number of hydrogen-bond acceptors (Lipinski definition) is 3. The van der Waals surface area contributed by atoms with Crippen molar-refractivity contribution < 1.29 is 14.6 Å². The van der Waals surface area contributed by atoms with Crippen LogP contribution < -0.4 is 0 Å². The smallest absolute Gasteiger partial charge is 0.151 e. The Morgan fingerprint density at radius 3 is 3.10 bits per heavy atom. The second kappa shape index (κ2) is 3.91. The lowest BCUT2D eigenvalue weighted by molar-refractivity contribution is -0.0962. The van der Waals surface area contributed by atoms with Crippen LogP contribution in [0.15, 0.2) is 0 Å². The summed E-state index contributed by atoms with van der Waals surface area (Å²) in [6.45, 7) is 3.87. The molecule has 1 fully saturated rings. The van der Waals surface area contributed by atoms with Gasteiger partial charge in [-0.25, -0.2) is 0 Å². The number of ether oxygens (including phenoxy) is 2. The summed E-state index contributed by atoms with van der Waals surface area (Å²) in [5.41, 5.74) is 0. The van der Waals surface area contributed by atoms with Gasteiger partial charge in [0, 0.05) is 12.5 Å². The van der Waals surface area contributed by atoms with Crippen LogP contribution in [0.3, 0.4) is 0 Å². The van der Waals surface area contributed by atoms with Crippen molar-refractivity contribution in [1.29, 1.82) is 0 Å². The molecule has 0 amide bonds. The van der Waals surface area contributed by atoms with Gasteiger partial charge in [0.25, 0.3) is 0 Å². The average Bonchev–Trinajstić information content (AvgIpc) is 2.34. The van der Waals surface area contributed by atoms with Crippen LogP contribution in [-0.4, -0.2) is 31.2 Å². The normalized spacial score (nSPS) is 28.8. The first kappa shape index (κ1) is 7.98. The molecule has 1 N–H and O–H groups in total. The van der Waals surface area contributed by atoms with E-state index < -0.39 is 6.29 Å². The molecule has 1 heterocycles. The van der Waals surface area contributed by atoms with Gasteiger partial charge in [-0.3, -0.25) is 0 Å². The summed E-state index contributed by atoms with van der Waals surface area (Å²) in [5.74, 6) is 0.495. The third-order valence-electron chi connectivity index (χ3n) is 1.60. The highest BCUT2D eigenvalue weighted by Crippen LogP contribution is 2.12. The van der Waals surface area contributed by atoms with Crippen molar-refractivity contribution in [2.24, 2.45) is 5.92 Å². The second-order valence-corrected chi connectivity index (χ2v) is 2.66. The van der Waals surface area contributed by atoms with E-state index in [4.69, 9.17) is 14.6 Å². The van der Waals surface area contributed by atoms with Crippen LogP contribution in [0.25, 0.3) is 0 Å². The maximum absolute atomic E-state index is 8.75. The Kier molecular flexibility index (Phi) is 3.12. The highest BCUT2D eigenvalue weighted by Gasteiger charge is 2.15. The molecule has 2 atom stereocenters. The Morgan fingerprint density at radius 2 is 2.60 bits per heavy atom. The minimum Gasteiger partial charge on any atom is -0.381 e. The topological polar surface area (TPSA) is 38.7 Å². The van der Waals surface area contributed by atoms with Gasteiger partial charge in [0.05, 0.1) is 13.2 Å². The third kappa shape index (κ3) is 2.64. The predicted molar refractivity (Wildman–Crippen MR) is 36.6 cm³/mol. The van der Waals surface area contributed by atoms with Gasteiger partial charge < -0.3 is 14.6 Å². The Labute approximate surface area is 60.9 Å². The highest BCUT2D eigenvalue weighted by molar-refractivity contribution is 4.62. The molecule has 0 aliphatic carbocycles. The third-order valence-corrected chi connectivity index (χ3v) is 1.60. The molecule has 1 saturated heterocycles. The molecule has 1 aliphatic heterocycles. The summed E-state index contributed by atoms with van der Waals surface area (Å²) in [6.07, 6.45) is 0.424. The first-order valence-electron chi connectivity index (χ1n) is 3.66. The summed E-state index contributed by atoms with van der Waals surface area (Å²) in [4.78, 5) is 0. The van der Waals surface area contributed by atoms with E-state index in [0.29, 0.717) is 12.5 Å². The Hall–Kier alpha value is -0.120. The maximum Gasteiger partial charge on any atom is 0.151 e. The lowest BCUT2D eigenvalue weighted by Crippen LogP contribution is -2.15. The van der Waals surface area contributed by atoms with Crippen molar-refractivity contribution >= 4 is 0 Å². The molecule has 0 radical (unpaired) electrons. The van der Waals surface area contributed by atoms with Crippen molar-refractivity contribution in [3.63, 3.8) is 0 Å². The van der Waals surface area contributed by atoms with E-state index in [1.165, 1.54) is 0 Å². The second-order valence-electron chi connectivity index (χ2n) is 2.66. The van der Waals surface area contributed by atoms with E-state index in [1.807, 2.05) is 0 Å². The van der Waals surface area contributed by atoms with Crippen LogP contribution >= 0.6 is 0 Å². The van der Waals surface area contributed by atoms with E-state index in [1.54, 1.807) is 6.92 Å².